The van der Waals surface area contributed by atoms with Crippen LogP contribution in [0.1, 0.15) is 30.6 Å². The molecule has 1 fully saturated rings. The van der Waals surface area contributed by atoms with E-state index in [0.717, 1.165) is 69.9 Å². The predicted octanol–water partition coefficient (Wildman–Crippen LogP) is 1.97. The van der Waals surface area contributed by atoms with Gasteiger partial charge in [-0.3, -0.25) is 14.4 Å². The lowest BCUT2D eigenvalue weighted by atomic mass is 10.1. The van der Waals surface area contributed by atoms with Crippen LogP contribution in [0.25, 0.3) is 11.4 Å². The first-order chi connectivity index (χ1) is 13.6. The van der Waals surface area contributed by atoms with Crippen molar-refractivity contribution in [1.82, 2.24) is 29.5 Å². The Hall–Kier alpha value is -2.25. The summed E-state index contributed by atoms with van der Waals surface area (Å²) in [5, 5.41) is 4.31. The summed E-state index contributed by atoms with van der Waals surface area (Å²) in [6.45, 7) is 12.4. The zero-order valence-corrected chi connectivity index (χ0v) is 17.3. The molecule has 0 bridgehead atoms. The molecule has 3 rings (SSSR count). The second kappa shape index (κ2) is 9.80. The van der Waals surface area contributed by atoms with Crippen LogP contribution >= 0.6 is 0 Å². The molecular weight excluding hydrogens is 352 g/mol. The van der Waals surface area contributed by atoms with Crippen LogP contribution in [0.4, 0.5) is 0 Å². The number of rotatable bonds is 8. The summed E-state index contributed by atoms with van der Waals surface area (Å²) in [5.41, 5.74) is 1.65. The number of benzene rings is 1. The summed E-state index contributed by atoms with van der Waals surface area (Å²) >= 11 is 0. The van der Waals surface area contributed by atoms with Crippen molar-refractivity contribution < 1.29 is 4.79 Å². The Balaban J connectivity index is 1.59. The Morgan fingerprint density at radius 1 is 1.04 bits per heavy atom. The number of nitrogens with zero attached hydrogens (tertiary/aromatic N) is 6. The maximum absolute atomic E-state index is 13.0. The first-order valence-corrected chi connectivity index (χ1v) is 10.3. The Morgan fingerprint density at radius 2 is 1.71 bits per heavy atom. The minimum absolute atomic E-state index is 0.106. The molecule has 1 aliphatic heterocycles. The molecular formula is C21H32N6O. The minimum Gasteiger partial charge on any atom is -0.337 e. The normalized spacial score (nSPS) is 15.7. The smallest absolute Gasteiger partial charge is 0.253 e. The van der Waals surface area contributed by atoms with Gasteiger partial charge in [-0.2, -0.15) is 5.10 Å². The molecule has 1 aromatic carbocycles. The zero-order valence-electron chi connectivity index (χ0n) is 17.3. The van der Waals surface area contributed by atoms with E-state index in [1.54, 1.807) is 11.0 Å². The van der Waals surface area contributed by atoms with Gasteiger partial charge >= 0.3 is 0 Å². The van der Waals surface area contributed by atoms with Gasteiger partial charge in [-0.05, 0) is 25.1 Å². The van der Waals surface area contributed by atoms with E-state index in [-0.39, 0.29) is 5.91 Å². The molecule has 1 amide bonds. The first kappa shape index (κ1) is 20.5. The molecule has 2 heterocycles. The van der Waals surface area contributed by atoms with E-state index in [1.165, 1.54) is 0 Å². The van der Waals surface area contributed by atoms with E-state index in [9.17, 15) is 4.79 Å². The van der Waals surface area contributed by atoms with Crippen molar-refractivity contribution in [1.29, 1.82) is 0 Å². The highest BCUT2D eigenvalue weighted by atomic mass is 16.2. The van der Waals surface area contributed by atoms with Gasteiger partial charge in [0.2, 0.25) is 0 Å². The fraction of sp³-hybridized carbons (Fsp3) is 0.571. The average molecular weight is 385 g/mol. The lowest BCUT2D eigenvalue weighted by Crippen LogP contribution is -2.48. The quantitative estimate of drug-likeness (QED) is 0.697. The van der Waals surface area contributed by atoms with Gasteiger partial charge in [-0.1, -0.05) is 26.0 Å². The first-order valence-electron chi connectivity index (χ1n) is 10.3. The number of aryl methyl sites for hydroxylation is 1. The van der Waals surface area contributed by atoms with E-state index >= 15 is 0 Å². The second-order valence-electron chi connectivity index (χ2n) is 7.39. The number of carbonyl (C=O) groups excluding carboxylic acids is 1. The van der Waals surface area contributed by atoms with Gasteiger partial charge in [-0.15, -0.1) is 0 Å². The van der Waals surface area contributed by atoms with Crippen LogP contribution in [0.15, 0.2) is 30.6 Å². The number of hydrogen-bond donors (Lipinski definition) is 0. The summed E-state index contributed by atoms with van der Waals surface area (Å²) in [6.07, 6.45) is 2.64. The Morgan fingerprint density at radius 3 is 2.29 bits per heavy atom. The molecule has 1 aliphatic rings. The van der Waals surface area contributed by atoms with Crippen LogP contribution in [0.3, 0.4) is 0 Å². The van der Waals surface area contributed by atoms with Crippen molar-refractivity contribution in [2.75, 3.05) is 52.4 Å². The molecule has 0 radical (unpaired) electrons. The van der Waals surface area contributed by atoms with Crippen molar-refractivity contribution in [2.24, 2.45) is 7.05 Å². The number of hydrogen-bond acceptors (Lipinski definition) is 5. The van der Waals surface area contributed by atoms with Crippen LogP contribution in [0, 0.1) is 0 Å². The van der Waals surface area contributed by atoms with Gasteiger partial charge in [0.25, 0.3) is 5.91 Å². The van der Waals surface area contributed by atoms with E-state index in [1.807, 2.05) is 36.2 Å². The molecule has 0 N–H and O–H groups in total. The topological polar surface area (TPSA) is 57.5 Å². The van der Waals surface area contributed by atoms with Gasteiger partial charge in [-0.25, -0.2) is 4.98 Å². The summed E-state index contributed by atoms with van der Waals surface area (Å²) in [4.78, 5) is 24.2. The molecule has 152 valence electrons. The molecule has 0 atom stereocenters. The maximum atomic E-state index is 13.0. The van der Waals surface area contributed by atoms with Crippen LogP contribution < -0.4 is 0 Å². The Bertz CT molecular complexity index is 749. The largest absolute Gasteiger partial charge is 0.337 e. The fourth-order valence-corrected chi connectivity index (χ4v) is 3.59. The minimum atomic E-state index is 0.106. The summed E-state index contributed by atoms with van der Waals surface area (Å²) in [5.74, 6) is 0.785. The SMILES string of the molecule is CCCN(CCN1CCN(CC)CC1)C(=O)c1ccc(-c2ncn(C)n2)cc1. The average Bonchev–Trinajstić information content (AvgIpc) is 3.17. The number of carbonyl (C=O) groups is 1. The van der Waals surface area contributed by atoms with Crippen LogP contribution in [-0.4, -0.2) is 87.7 Å². The number of piperazine rings is 1. The number of likely N-dealkylation sites (N-methyl/N-ethyl adjacent to an activating group) is 1. The van der Waals surface area contributed by atoms with Gasteiger partial charge in [0.15, 0.2) is 5.82 Å². The molecule has 28 heavy (non-hydrogen) atoms. The summed E-state index contributed by atoms with van der Waals surface area (Å²) in [7, 11) is 1.85. The predicted molar refractivity (Wildman–Crippen MR) is 111 cm³/mol. The van der Waals surface area contributed by atoms with E-state index in [0.29, 0.717) is 5.82 Å². The van der Waals surface area contributed by atoms with Gasteiger partial charge in [0, 0.05) is 64.0 Å². The van der Waals surface area contributed by atoms with Crippen LogP contribution in [-0.2, 0) is 7.05 Å². The Kier molecular flexibility index (Phi) is 7.17. The van der Waals surface area contributed by atoms with E-state index < -0.39 is 0 Å². The molecule has 0 saturated carbocycles. The number of amides is 1. The molecule has 2 aromatic rings. The third kappa shape index (κ3) is 5.17. The van der Waals surface area contributed by atoms with Crippen molar-refractivity contribution in [3.63, 3.8) is 0 Å². The Labute approximate surface area is 167 Å². The maximum Gasteiger partial charge on any atom is 0.253 e. The lowest BCUT2D eigenvalue weighted by molar-refractivity contribution is 0.0708. The third-order valence-corrected chi connectivity index (χ3v) is 5.37. The number of aromatic nitrogens is 3. The second-order valence-corrected chi connectivity index (χ2v) is 7.39. The van der Waals surface area contributed by atoms with Crippen molar-refractivity contribution in [3.05, 3.63) is 36.2 Å². The molecule has 7 heteroatoms. The van der Waals surface area contributed by atoms with Crippen LogP contribution in [0.5, 0.6) is 0 Å². The van der Waals surface area contributed by atoms with Crippen LogP contribution in [0.2, 0.25) is 0 Å². The third-order valence-electron chi connectivity index (χ3n) is 5.37. The van der Waals surface area contributed by atoms with Crippen molar-refractivity contribution >= 4 is 5.91 Å². The van der Waals surface area contributed by atoms with E-state index in [4.69, 9.17) is 0 Å². The highest BCUT2D eigenvalue weighted by molar-refractivity contribution is 5.94. The van der Waals surface area contributed by atoms with E-state index in [2.05, 4.69) is 33.7 Å². The molecule has 0 aliphatic carbocycles. The standard InChI is InChI=1S/C21H32N6O/c1-4-10-27(16-15-26-13-11-25(5-2)12-14-26)21(28)19-8-6-18(7-9-19)20-22-17-24(3)23-20/h6-9,17H,4-5,10-16H2,1-3H3. The summed E-state index contributed by atoms with van der Waals surface area (Å²) in [6, 6.07) is 7.63. The molecule has 1 aromatic heterocycles. The molecule has 0 unspecified atom stereocenters. The van der Waals surface area contributed by atoms with Crippen molar-refractivity contribution in [3.8, 4) is 11.4 Å². The summed E-state index contributed by atoms with van der Waals surface area (Å²) < 4.78 is 1.68. The fourth-order valence-electron chi connectivity index (χ4n) is 3.59. The monoisotopic (exact) mass is 384 g/mol. The zero-order chi connectivity index (χ0) is 19.9. The highest BCUT2D eigenvalue weighted by Gasteiger charge is 2.19. The van der Waals surface area contributed by atoms with Gasteiger partial charge in [0.1, 0.15) is 6.33 Å². The highest BCUT2D eigenvalue weighted by Crippen LogP contribution is 2.16. The van der Waals surface area contributed by atoms with Gasteiger partial charge < -0.3 is 9.80 Å². The molecule has 7 nitrogen and oxygen atoms in total. The molecule has 1 saturated heterocycles. The lowest BCUT2D eigenvalue weighted by Gasteiger charge is -2.35. The van der Waals surface area contributed by atoms with Gasteiger partial charge in [0.05, 0.1) is 0 Å². The molecule has 0 spiro atoms. The van der Waals surface area contributed by atoms with Crippen molar-refractivity contribution in [2.45, 2.75) is 20.3 Å².